The molecule has 0 bridgehead atoms. The molecule has 3 nitrogen and oxygen atoms in total. The van der Waals surface area contributed by atoms with Gasteiger partial charge < -0.3 is 4.74 Å². The zero-order valence-corrected chi connectivity index (χ0v) is 8.27. The molecule has 0 unspecified atom stereocenters. The van der Waals surface area contributed by atoms with E-state index < -0.39 is 11.6 Å². The van der Waals surface area contributed by atoms with Gasteiger partial charge in [-0.05, 0) is 13.0 Å². The fourth-order valence-electron chi connectivity index (χ4n) is 1.55. The van der Waals surface area contributed by atoms with Crippen molar-refractivity contribution in [1.82, 2.24) is 0 Å². The summed E-state index contributed by atoms with van der Waals surface area (Å²) < 4.78 is 5.10. The van der Waals surface area contributed by atoms with E-state index in [2.05, 4.69) is 0 Å². The van der Waals surface area contributed by atoms with Crippen LogP contribution in [0.5, 0.6) is 0 Å². The maximum Gasteiger partial charge on any atom is 0.332 e. The van der Waals surface area contributed by atoms with E-state index in [1.54, 1.807) is 31.2 Å². The number of benzene rings is 1. The van der Waals surface area contributed by atoms with E-state index in [4.69, 9.17) is 4.74 Å². The summed E-state index contributed by atoms with van der Waals surface area (Å²) in [6, 6.07) is 8.99. The van der Waals surface area contributed by atoms with Crippen molar-refractivity contribution in [3.05, 3.63) is 48.0 Å². The van der Waals surface area contributed by atoms with Gasteiger partial charge in [-0.15, -0.1) is 0 Å². The Hall–Kier alpha value is -1.90. The Morgan fingerprint density at radius 1 is 1.07 bits per heavy atom. The van der Waals surface area contributed by atoms with E-state index >= 15 is 0 Å². The molecule has 1 aromatic carbocycles. The Morgan fingerprint density at radius 2 is 1.73 bits per heavy atom. The second kappa shape index (κ2) is 3.35. The highest BCUT2D eigenvalue weighted by atomic mass is 16.6. The van der Waals surface area contributed by atoms with Crippen molar-refractivity contribution in [2.45, 2.75) is 12.5 Å². The Kier molecular flexibility index (Phi) is 2.15. The number of hydrogen-bond donors (Lipinski definition) is 0. The molecular weight excluding hydrogens is 192 g/mol. The first-order valence-corrected chi connectivity index (χ1v) is 4.64. The quantitative estimate of drug-likeness (QED) is 0.649. The summed E-state index contributed by atoms with van der Waals surface area (Å²) in [5.74, 6) is -0.700. The number of cyclic esters (lactones) is 1. The largest absolute Gasteiger partial charge is 0.443 e. The van der Waals surface area contributed by atoms with Crippen LogP contribution in [0.25, 0.3) is 0 Å². The second-order valence-electron chi connectivity index (χ2n) is 3.52. The average Bonchev–Trinajstić information content (AvgIpc) is 2.25. The molecule has 0 saturated heterocycles. The molecule has 1 aliphatic heterocycles. The lowest BCUT2D eigenvalue weighted by Crippen LogP contribution is -2.39. The van der Waals surface area contributed by atoms with Crippen LogP contribution in [-0.2, 0) is 19.9 Å². The maximum atomic E-state index is 11.7. The molecule has 0 aromatic heterocycles. The van der Waals surface area contributed by atoms with Gasteiger partial charge in [0.25, 0.3) is 0 Å². The number of ketones is 1. The number of hydrogen-bond acceptors (Lipinski definition) is 3. The third-order valence-electron chi connectivity index (χ3n) is 2.47. The Balaban J connectivity index is 2.47. The van der Waals surface area contributed by atoms with Gasteiger partial charge in [0.2, 0.25) is 5.78 Å². The Bertz CT molecular complexity index is 433. The summed E-state index contributed by atoms with van der Waals surface area (Å²) >= 11 is 0. The van der Waals surface area contributed by atoms with E-state index in [0.29, 0.717) is 5.56 Å². The first-order valence-electron chi connectivity index (χ1n) is 4.64. The molecule has 1 aliphatic rings. The minimum atomic E-state index is -1.17. The molecule has 0 spiro atoms. The number of ether oxygens (including phenoxy) is 1. The summed E-state index contributed by atoms with van der Waals surface area (Å²) in [6.07, 6.45) is 2.41. The molecule has 15 heavy (non-hydrogen) atoms. The van der Waals surface area contributed by atoms with E-state index in [0.717, 1.165) is 6.08 Å². The highest BCUT2D eigenvalue weighted by molar-refractivity contribution is 6.05. The molecule has 1 heterocycles. The molecular formula is C12H10O3. The van der Waals surface area contributed by atoms with Crippen molar-refractivity contribution in [1.29, 1.82) is 0 Å². The van der Waals surface area contributed by atoms with Gasteiger partial charge in [0.15, 0.2) is 5.60 Å². The number of esters is 1. The van der Waals surface area contributed by atoms with Crippen LogP contribution in [0.2, 0.25) is 0 Å². The molecule has 0 aliphatic carbocycles. The molecule has 1 aromatic rings. The highest BCUT2D eigenvalue weighted by Crippen LogP contribution is 2.29. The zero-order valence-electron chi connectivity index (χ0n) is 8.27. The van der Waals surface area contributed by atoms with Crippen LogP contribution in [0.1, 0.15) is 12.5 Å². The Labute approximate surface area is 87.4 Å². The molecule has 3 heteroatoms. The first-order chi connectivity index (χ1) is 7.13. The number of carbonyl (C=O) groups excluding carboxylic acids is 2. The fourth-order valence-corrected chi connectivity index (χ4v) is 1.55. The summed E-state index contributed by atoms with van der Waals surface area (Å²) in [5, 5.41) is 0. The van der Waals surface area contributed by atoms with Crippen molar-refractivity contribution >= 4 is 11.8 Å². The number of rotatable bonds is 1. The van der Waals surface area contributed by atoms with Crippen LogP contribution in [0.3, 0.4) is 0 Å². The van der Waals surface area contributed by atoms with Gasteiger partial charge >= 0.3 is 5.97 Å². The Morgan fingerprint density at radius 3 is 2.40 bits per heavy atom. The van der Waals surface area contributed by atoms with Crippen LogP contribution in [0.15, 0.2) is 42.5 Å². The van der Waals surface area contributed by atoms with Crippen molar-refractivity contribution < 1.29 is 14.3 Å². The lowest BCUT2D eigenvalue weighted by atomic mass is 9.89. The molecule has 0 fully saturated rings. The smallest absolute Gasteiger partial charge is 0.332 e. The monoisotopic (exact) mass is 202 g/mol. The molecule has 2 rings (SSSR count). The maximum absolute atomic E-state index is 11.7. The lowest BCUT2D eigenvalue weighted by molar-refractivity contribution is -0.162. The highest BCUT2D eigenvalue weighted by Gasteiger charge is 2.39. The third-order valence-corrected chi connectivity index (χ3v) is 2.47. The topological polar surface area (TPSA) is 43.4 Å². The van der Waals surface area contributed by atoms with Crippen molar-refractivity contribution in [3.63, 3.8) is 0 Å². The lowest BCUT2D eigenvalue weighted by Gasteiger charge is -2.29. The summed E-state index contributed by atoms with van der Waals surface area (Å²) in [5.41, 5.74) is -0.486. The average molecular weight is 202 g/mol. The molecule has 0 radical (unpaired) electrons. The van der Waals surface area contributed by atoms with Crippen LogP contribution in [0, 0.1) is 0 Å². The molecule has 0 amide bonds. The predicted molar refractivity (Wildman–Crippen MR) is 54.0 cm³/mol. The van der Waals surface area contributed by atoms with Gasteiger partial charge in [-0.3, -0.25) is 4.79 Å². The molecule has 0 saturated carbocycles. The van der Waals surface area contributed by atoms with Crippen LogP contribution in [-0.4, -0.2) is 11.8 Å². The van der Waals surface area contributed by atoms with E-state index in [-0.39, 0.29) is 5.78 Å². The molecule has 1 atom stereocenters. The van der Waals surface area contributed by atoms with Gasteiger partial charge in [0.1, 0.15) is 0 Å². The molecule has 0 N–H and O–H groups in total. The minimum Gasteiger partial charge on any atom is -0.443 e. The van der Waals surface area contributed by atoms with Gasteiger partial charge in [0.05, 0.1) is 0 Å². The van der Waals surface area contributed by atoms with Gasteiger partial charge in [-0.1, -0.05) is 30.3 Å². The van der Waals surface area contributed by atoms with Gasteiger partial charge in [-0.25, -0.2) is 4.79 Å². The second-order valence-corrected chi connectivity index (χ2v) is 3.52. The SMILES string of the molecule is C[C@]1(c2ccccc2)OC(=O)C=CC1=O. The fraction of sp³-hybridized carbons (Fsp3) is 0.167. The van der Waals surface area contributed by atoms with Crippen molar-refractivity contribution in [2.75, 3.05) is 0 Å². The normalized spacial score (nSPS) is 25.1. The summed E-state index contributed by atoms with van der Waals surface area (Å²) in [7, 11) is 0. The van der Waals surface area contributed by atoms with Crippen LogP contribution >= 0.6 is 0 Å². The standard InChI is InChI=1S/C12H10O3/c1-12(9-5-3-2-4-6-9)10(13)7-8-11(14)15-12/h2-8H,1H3/t12-/m1/s1. The van der Waals surface area contributed by atoms with Gasteiger partial charge in [-0.2, -0.15) is 0 Å². The van der Waals surface area contributed by atoms with Crippen molar-refractivity contribution in [3.8, 4) is 0 Å². The van der Waals surface area contributed by atoms with E-state index in [9.17, 15) is 9.59 Å². The van der Waals surface area contributed by atoms with Crippen molar-refractivity contribution in [2.24, 2.45) is 0 Å². The summed E-state index contributed by atoms with van der Waals surface area (Å²) in [4.78, 5) is 22.8. The molecule has 76 valence electrons. The predicted octanol–water partition coefficient (Wildman–Crippen LogP) is 1.58. The van der Waals surface area contributed by atoms with E-state index in [1.165, 1.54) is 6.08 Å². The van der Waals surface area contributed by atoms with Crippen LogP contribution < -0.4 is 0 Å². The van der Waals surface area contributed by atoms with E-state index in [1.807, 2.05) is 6.07 Å². The zero-order chi connectivity index (χ0) is 10.9. The van der Waals surface area contributed by atoms with Crippen LogP contribution in [0.4, 0.5) is 0 Å². The first kappa shape index (κ1) is 9.65. The minimum absolute atomic E-state index is 0.215. The van der Waals surface area contributed by atoms with Gasteiger partial charge in [0, 0.05) is 11.6 Å². The third kappa shape index (κ3) is 1.56. The summed E-state index contributed by atoms with van der Waals surface area (Å²) in [6.45, 7) is 1.60. The number of carbonyl (C=O) groups is 2.